The third-order valence-corrected chi connectivity index (χ3v) is 4.14. The molecule has 19 heavy (non-hydrogen) atoms. The lowest BCUT2D eigenvalue weighted by molar-refractivity contribution is 0.435. The fourth-order valence-electron chi connectivity index (χ4n) is 3.14. The molecule has 2 rings (SSSR count). The number of nitrogens with one attached hydrogen (secondary N) is 1. The smallest absolute Gasteiger partial charge is 0.0598 e. The van der Waals surface area contributed by atoms with E-state index in [0.29, 0.717) is 0 Å². The number of aromatic nitrogens is 1. The van der Waals surface area contributed by atoms with Crippen molar-refractivity contribution in [2.45, 2.75) is 45.6 Å². The van der Waals surface area contributed by atoms with E-state index in [4.69, 9.17) is 0 Å². The third kappa shape index (κ3) is 3.93. The van der Waals surface area contributed by atoms with E-state index >= 15 is 0 Å². The van der Waals surface area contributed by atoms with Crippen LogP contribution in [0.4, 0.5) is 5.69 Å². The van der Waals surface area contributed by atoms with Gasteiger partial charge in [-0.05, 0) is 43.9 Å². The van der Waals surface area contributed by atoms with Crippen LogP contribution in [0.15, 0.2) is 18.5 Å². The Morgan fingerprint density at radius 2 is 2.26 bits per heavy atom. The van der Waals surface area contributed by atoms with E-state index in [2.05, 4.69) is 28.2 Å². The van der Waals surface area contributed by atoms with E-state index in [0.717, 1.165) is 12.5 Å². The van der Waals surface area contributed by atoms with Crippen LogP contribution in [0.2, 0.25) is 0 Å². The Labute approximate surface area is 117 Å². The van der Waals surface area contributed by atoms with Crippen molar-refractivity contribution in [3.63, 3.8) is 0 Å². The highest BCUT2D eigenvalue weighted by Gasteiger charge is 2.18. The van der Waals surface area contributed by atoms with Gasteiger partial charge in [0.2, 0.25) is 0 Å². The van der Waals surface area contributed by atoms with Gasteiger partial charge in [-0.3, -0.25) is 4.98 Å². The minimum Gasteiger partial charge on any atom is -0.370 e. The first kappa shape index (κ1) is 14.3. The number of nitrogens with zero attached hydrogens (tertiary/aromatic N) is 2. The van der Waals surface area contributed by atoms with Gasteiger partial charge in [0.05, 0.1) is 11.9 Å². The number of hydrogen-bond acceptors (Lipinski definition) is 3. The van der Waals surface area contributed by atoms with Crippen LogP contribution < -0.4 is 10.2 Å². The molecule has 3 nitrogen and oxygen atoms in total. The van der Waals surface area contributed by atoms with Crippen LogP contribution in [0.5, 0.6) is 0 Å². The van der Waals surface area contributed by atoms with Crippen molar-refractivity contribution in [1.82, 2.24) is 10.3 Å². The van der Waals surface area contributed by atoms with Gasteiger partial charge in [0.1, 0.15) is 0 Å². The molecule has 2 heterocycles. The van der Waals surface area contributed by atoms with E-state index in [1.807, 2.05) is 19.4 Å². The average molecular weight is 261 g/mol. The van der Waals surface area contributed by atoms with E-state index in [1.54, 1.807) is 0 Å². The highest BCUT2D eigenvalue weighted by atomic mass is 15.1. The summed E-state index contributed by atoms with van der Waals surface area (Å²) in [6, 6.07) is 2.14. The summed E-state index contributed by atoms with van der Waals surface area (Å²) in [5.74, 6) is 0.930. The molecule has 0 aliphatic carbocycles. The van der Waals surface area contributed by atoms with Crippen LogP contribution >= 0.6 is 0 Å². The van der Waals surface area contributed by atoms with Gasteiger partial charge in [-0.25, -0.2) is 0 Å². The van der Waals surface area contributed by atoms with Crippen LogP contribution in [0, 0.1) is 5.92 Å². The van der Waals surface area contributed by atoms with Crippen molar-refractivity contribution in [1.29, 1.82) is 0 Å². The molecule has 0 saturated carbocycles. The molecule has 0 spiro atoms. The van der Waals surface area contributed by atoms with Gasteiger partial charge in [0.15, 0.2) is 0 Å². The van der Waals surface area contributed by atoms with Crippen molar-refractivity contribution < 1.29 is 0 Å². The van der Waals surface area contributed by atoms with E-state index in [9.17, 15) is 0 Å². The minimum absolute atomic E-state index is 0.923. The largest absolute Gasteiger partial charge is 0.370 e. The van der Waals surface area contributed by atoms with Crippen LogP contribution in [0.25, 0.3) is 0 Å². The Morgan fingerprint density at radius 3 is 3.05 bits per heavy atom. The SMILES string of the molecule is CCCC1CCCN(c2cnccc2CNC)CC1. The highest BCUT2D eigenvalue weighted by molar-refractivity contribution is 5.51. The molecule has 0 radical (unpaired) electrons. The molecule has 1 aliphatic rings. The molecular formula is C16H27N3. The van der Waals surface area contributed by atoms with E-state index in [-0.39, 0.29) is 0 Å². The van der Waals surface area contributed by atoms with Crippen molar-refractivity contribution in [3.8, 4) is 0 Å². The fourth-order valence-corrected chi connectivity index (χ4v) is 3.14. The monoisotopic (exact) mass is 261 g/mol. The van der Waals surface area contributed by atoms with E-state index < -0.39 is 0 Å². The van der Waals surface area contributed by atoms with Gasteiger partial charge in [-0.1, -0.05) is 19.8 Å². The van der Waals surface area contributed by atoms with Crippen molar-refractivity contribution in [2.75, 3.05) is 25.0 Å². The molecule has 3 heteroatoms. The zero-order valence-corrected chi connectivity index (χ0v) is 12.4. The Balaban J connectivity index is 2.05. The van der Waals surface area contributed by atoms with Crippen molar-refractivity contribution in [2.24, 2.45) is 5.92 Å². The second-order valence-corrected chi connectivity index (χ2v) is 5.61. The number of hydrogen-bond donors (Lipinski definition) is 1. The Hall–Kier alpha value is -1.09. The molecule has 0 aromatic carbocycles. The average Bonchev–Trinajstić information content (AvgIpc) is 2.66. The van der Waals surface area contributed by atoms with Gasteiger partial charge in [0, 0.05) is 25.8 Å². The Morgan fingerprint density at radius 1 is 1.37 bits per heavy atom. The lowest BCUT2D eigenvalue weighted by atomic mass is 9.96. The lowest BCUT2D eigenvalue weighted by Crippen LogP contribution is -2.26. The van der Waals surface area contributed by atoms with Crippen LogP contribution in [0.1, 0.15) is 44.6 Å². The van der Waals surface area contributed by atoms with Crippen LogP contribution in [0.3, 0.4) is 0 Å². The second-order valence-electron chi connectivity index (χ2n) is 5.61. The maximum Gasteiger partial charge on any atom is 0.0598 e. The molecule has 106 valence electrons. The molecule has 1 aromatic rings. The van der Waals surface area contributed by atoms with Gasteiger partial charge in [-0.15, -0.1) is 0 Å². The minimum atomic E-state index is 0.923. The third-order valence-electron chi connectivity index (χ3n) is 4.14. The molecule has 0 amide bonds. The molecule has 1 fully saturated rings. The topological polar surface area (TPSA) is 28.2 Å². The Bertz CT molecular complexity index is 378. The summed E-state index contributed by atoms with van der Waals surface area (Å²) in [6.45, 7) is 5.59. The summed E-state index contributed by atoms with van der Waals surface area (Å²) < 4.78 is 0. The number of pyridine rings is 1. The summed E-state index contributed by atoms with van der Waals surface area (Å²) in [4.78, 5) is 6.86. The molecule has 0 bridgehead atoms. The quantitative estimate of drug-likeness (QED) is 0.882. The summed E-state index contributed by atoms with van der Waals surface area (Å²) in [7, 11) is 2.00. The van der Waals surface area contributed by atoms with Gasteiger partial charge >= 0.3 is 0 Å². The molecular weight excluding hydrogens is 234 g/mol. The zero-order chi connectivity index (χ0) is 13.5. The number of anilines is 1. The van der Waals surface area contributed by atoms with Gasteiger partial charge < -0.3 is 10.2 Å². The summed E-state index contributed by atoms with van der Waals surface area (Å²) in [6.07, 6.45) is 10.7. The first-order valence-electron chi connectivity index (χ1n) is 7.67. The summed E-state index contributed by atoms with van der Waals surface area (Å²) >= 11 is 0. The molecule has 1 atom stereocenters. The predicted molar refractivity (Wildman–Crippen MR) is 81.5 cm³/mol. The predicted octanol–water partition coefficient (Wildman–Crippen LogP) is 3.21. The number of rotatable bonds is 5. The second kappa shape index (κ2) is 7.49. The first-order valence-corrected chi connectivity index (χ1v) is 7.67. The molecule has 1 saturated heterocycles. The summed E-state index contributed by atoms with van der Waals surface area (Å²) in [5.41, 5.74) is 2.69. The fraction of sp³-hybridized carbons (Fsp3) is 0.688. The maximum atomic E-state index is 4.32. The van der Waals surface area contributed by atoms with E-state index in [1.165, 1.54) is 56.4 Å². The Kier molecular flexibility index (Phi) is 5.64. The molecule has 1 N–H and O–H groups in total. The van der Waals surface area contributed by atoms with Crippen LogP contribution in [-0.2, 0) is 6.54 Å². The van der Waals surface area contributed by atoms with Crippen molar-refractivity contribution >= 4 is 5.69 Å². The van der Waals surface area contributed by atoms with Gasteiger partial charge in [-0.2, -0.15) is 0 Å². The molecule has 1 aromatic heterocycles. The normalized spacial score (nSPS) is 20.3. The molecule has 1 unspecified atom stereocenters. The lowest BCUT2D eigenvalue weighted by Gasteiger charge is -2.25. The first-order chi connectivity index (χ1) is 9.35. The highest BCUT2D eigenvalue weighted by Crippen LogP contribution is 2.27. The molecule has 1 aliphatic heterocycles. The van der Waals surface area contributed by atoms with Gasteiger partial charge in [0.25, 0.3) is 0 Å². The van der Waals surface area contributed by atoms with Crippen molar-refractivity contribution in [3.05, 3.63) is 24.0 Å². The zero-order valence-electron chi connectivity index (χ0n) is 12.4. The maximum absolute atomic E-state index is 4.32. The standard InChI is InChI=1S/C16H27N3/c1-3-5-14-6-4-10-19(11-8-14)16-13-18-9-7-15(16)12-17-2/h7,9,13-14,17H,3-6,8,10-12H2,1-2H3. The van der Waals surface area contributed by atoms with Crippen LogP contribution in [-0.4, -0.2) is 25.1 Å². The summed E-state index contributed by atoms with van der Waals surface area (Å²) in [5, 5.41) is 3.25.